The van der Waals surface area contributed by atoms with E-state index in [1.54, 1.807) is 12.1 Å². The van der Waals surface area contributed by atoms with Crippen molar-refractivity contribution >= 4 is 21.6 Å². The fourth-order valence-corrected chi connectivity index (χ4v) is 1.70. The molecule has 0 unspecified atom stereocenters. The Morgan fingerprint density at radius 2 is 2.31 bits per heavy atom. The predicted molar refractivity (Wildman–Crippen MR) is 60.5 cm³/mol. The largest absolute Gasteiger partial charge is 0.378 e. The highest BCUT2D eigenvalue weighted by Crippen LogP contribution is 2.19. The van der Waals surface area contributed by atoms with Crippen LogP contribution in [0.25, 0.3) is 0 Å². The summed E-state index contributed by atoms with van der Waals surface area (Å²) >= 11 is 3.33. The number of halogens is 1. The smallest absolute Gasteiger partial charge is 0.213 e. The van der Waals surface area contributed by atoms with E-state index in [2.05, 4.69) is 42.0 Å². The molecule has 0 spiro atoms. The van der Waals surface area contributed by atoms with Crippen LogP contribution < -0.4 is 5.32 Å². The fraction of sp³-hybridized carbons (Fsp3) is 0.100. The first-order valence-electron chi connectivity index (χ1n) is 4.48. The van der Waals surface area contributed by atoms with E-state index in [1.807, 2.05) is 6.07 Å². The third kappa shape index (κ3) is 2.58. The molecule has 0 fully saturated rings. The van der Waals surface area contributed by atoms with E-state index in [9.17, 15) is 0 Å². The molecule has 0 aliphatic heterocycles. The topological polar surface area (TPSA) is 74.7 Å². The van der Waals surface area contributed by atoms with E-state index in [1.165, 1.54) is 6.39 Å². The molecule has 0 atom stereocenters. The molecule has 80 valence electrons. The molecule has 0 aliphatic rings. The first-order chi connectivity index (χ1) is 7.78. The molecule has 2 rings (SSSR count). The zero-order chi connectivity index (χ0) is 11.4. The second-order valence-corrected chi connectivity index (χ2v) is 3.96. The van der Waals surface area contributed by atoms with Crippen molar-refractivity contribution in [2.24, 2.45) is 0 Å². The van der Waals surface area contributed by atoms with Crippen LogP contribution in [0.4, 0.5) is 5.69 Å². The molecule has 1 aromatic heterocycles. The Morgan fingerprint density at radius 3 is 3.00 bits per heavy atom. The maximum Gasteiger partial charge on any atom is 0.213 e. The van der Waals surface area contributed by atoms with Crippen LogP contribution in [0, 0.1) is 11.3 Å². The predicted octanol–water partition coefficient (Wildman–Crippen LogP) is 2.32. The summed E-state index contributed by atoms with van der Waals surface area (Å²) in [6, 6.07) is 7.46. The van der Waals surface area contributed by atoms with Gasteiger partial charge < -0.3 is 9.84 Å². The van der Waals surface area contributed by atoms with Gasteiger partial charge in [0.05, 0.1) is 18.2 Å². The second kappa shape index (κ2) is 4.77. The fourth-order valence-electron chi connectivity index (χ4n) is 1.21. The van der Waals surface area contributed by atoms with Crippen molar-refractivity contribution in [1.82, 2.24) is 10.1 Å². The lowest BCUT2D eigenvalue weighted by Crippen LogP contribution is -2.01. The Kier molecular flexibility index (Phi) is 3.17. The molecule has 0 radical (unpaired) electrons. The van der Waals surface area contributed by atoms with Crippen LogP contribution in [0.1, 0.15) is 11.4 Å². The molecule has 1 aromatic carbocycles. The van der Waals surface area contributed by atoms with Crippen molar-refractivity contribution in [2.45, 2.75) is 6.54 Å². The first kappa shape index (κ1) is 10.6. The van der Waals surface area contributed by atoms with E-state index >= 15 is 0 Å². The minimum atomic E-state index is 0.456. The molecular formula is C10H7BrN4O. The maximum atomic E-state index is 8.80. The van der Waals surface area contributed by atoms with Crippen LogP contribution in [0.5, 0.6) is 0 Å². The van der Waals surface area contributed by atoms with Crippen molar-refractivity contribution in [2.75, 3.05) is 5.32 Å². The van der Waals surface area contributed by atoms with Gasteiger partial charge in [0.1, 0.15) is 0 Å². The van der Waals surface area contributed by atoms with Crippen LogP contribution in [0.2, 0.25) is 0 Å². The van der Waals surface area contributed by atoms with Crippen molar-refractivity contribution in [3.8, 4) is 6.07 Å². The summed E-state index contributed by atoms with van der Waals surface area (Å²) in [6.07, 6.45) is 1.28. The number of benzene rings is 1. The molecule has 0 amide bonds. The zero-order valence-electron chi connectivity index (χ0n) is 8.14. The number of hydrogen-bond donors (Lipinski definition) is 1. The van der Waals surface area contributed by atoms with Gasteiger partial charge >= 0.3 is 0 Å². The molecule has 5 nitrogen and oxygen atoms in total. The lowest BCUT2D eigenvalue weighted by molar-refractivity contribution is 0.411. The number of hydrogen-bond acceptors (Lipinski definition) is 5. The Hall–Kier alpha value is -1.87. The number of nitrogens with one attached hydrogen (secondary N) is 1. The number of nitriles is 1. The van der Waals surface area contributed by atoms with Crippen LogP contribution in [-0.4, -0.2) is 10.1 Å². The van der Waals surface area contributed by atoms with Crippen LogP contribution in [0.3, 0.4) is 0 Å². The highest BCUT2D eigenvalue weighted by atomic mass is 79.9. The summed E-state index contributed by atoms with van der Waals surface area (Å²) in [6.45, 7) is 0.456. The molecule has 2 aromatic rings. The van der Waals surface area contributed by atoms with Crippen LogP contribution in [0.15, 0.2) is 33.6 Å². The molecule has 1 N–H and O–H groups in total. The Morgan fingerprint density at radius 1 is 1.44 bits per heavy atom. The molecule has 1 heterocycles. The standard InChI is InChI=1S/C10H7BrN4O/c11-8-1-7(4-12)2-9(3-8)13-5-10-14-6-16-15-10/h1-3,6,13H,5H2. The van der Waals surface area contributed by atoms with Crippen molar-refractivity contribution in [3.05, 3.63) is 40.5 Å². The maximum absolute atomic E-state index is 8.80. The van der Waals surface area contributed by atoms with Crippen molar-refractivity contribution in [3.63, 3.8) is 0 Å². The third-order valence-corrected chi connectivity index (χ3v) is 2.34. The van der Waals surface area contributed by atoms with E-state index in [0.717, 1.165) is 10.2 Å². The SMILES string of the molecule is N#Cc1cc(Br)cc(NCc2ncon2)c1. The van der Waals surface area contributed by atoms with Crippen molar-refractivity contribution < 1.29 is 4.52 Å². The van der Waals surface area contributed by atoms with Gasteiger partial charge in [-0.3, -0.25) is 0 Å². The average Bonchev–Trinajstić information content (AvgIpc) is 2.78. The molecule has 0 bridgehead atoms. The van der Waals surface area contributed by atoms with Crippen LogP contribution in [-0.2, 0) is 6.54 Å². The number of rotatable bonds is 3. The summed E-state index contributed by atoms with van der Waals surface area (Å²) in [5.41, 5.74) is 1.42. The van der Waals surface area contributed by atoms with Gasteiger partial charge in [0.2, 0.25) is 6.39 Å². The number of aromatic nitrogens is 2. The Labute approximate surface area is 100 Å². The molecule has 16 heavy (non-hydrogen) atoms. The minimum Gasteiger partial charge on any atom is -0.378 e. The van der Waals surface area contributed by atoms with E-state index in [4.69, 9.17) is 5.26 Å². The van der Waals surface area contributed by atoms with Gasteiger partial charge in [-0.2, -0.15) is 10.2 Å². The Balaban J connectivity index is 2.10. The summed E-state index contributed by atoms with van der Waals surface area (Å²) in [5, 5.41) is 15.6. The van der Waals surface area contributed by atoms with Gasteiger partial charge in [0, 0.05) is 10.2 Å². The van der Waals surface area contributed by atoms with Gasteiger partial charge in [0.25, 0.3) is 0 Å². The molecule has 6 heteroatoms. The second-order valence-electron chi connectivity index (χ2n) is 3.04. The summed E-state index contributed by atoms with van der Waals surface area (Å²) in [7, 11) is 0. The Bertz CT molecular complexity index is 518. The lowest BCUT2D eigenvalue weighted by Gasteiger charge is -2.04. The van der Waals surface area contributed by atoms with Gasteiger partial charge in [-0.1, -0.05) is 21.1 Å². The van der Waals surface area contributed by atoms with Gasteiger partial charge in [-0.05, 0) is 18.2 Å². The third-order valence-electron chi connectivity index (χ3n) is 1.88. The van der Waals surface area contributed by atoms with E-state index < -0.39 is 0 Å². The van der Waals surface area contributed by atoms with E-state index in [0.29, 0.717) is 17.9 Å². The number of nitrogens with zero attached hydrogens (tertiary/aromatic N) is 3. The van der Waals surface area contributed by atoms with Crippen LogP contribution >= 0.6 is 15.9 Å². The minimum absolute atomic E-state index is 0.456. The summed E-state index contributed by atoms with van der Waals surface area (Å²) in [5.74, 6) is 0.568. The zero-order valence-corrected chi connectivity index (χ0v) is 9.73. The van der Waals surface area contributed by atoms with E-state index in [-0.39, 0.29) is 0 Å². The normalized spacial score (nSPS) is 9.75. The summed E-state index contributed by atoms with van der Waals surface area (Å²) in [4.78, 5) is 3.88. The van der Waals surface area contributed by atoms with Crippen molar-refractivity contribution in [1.29, 1.82) is 5.26 Å². The average molecular weight is 279 g/mol. The molecule has 0 aliphatic carbocycles. The molecule has 0 saturated carbocycles. The lowest BCUT2D eigenvalue weighted by atomic mass is 10.2. The van der Waals surface area contributed by atoms with Gasteiger partial charge in [-0.15, -0.1) is 0 Å². The summed E-state index contributed by atoms with van der Waals surface area (Å²) < 4.78 is 5.46. The molecular weight excluding hydrogens is 272 g/mol. The first-order valence-corrected chi connectivity index (χ1v) is 5.27. The monoisotopic (exact) mass is 278 g/mol. The van der Waals surface area contributed by atoms with Gasteiger partial charge in [0.15, 0.2) is 5.82 Å². The quantitative estimate of drug-likeness (QED) is 0.933. The molecule has 0 saturated heterocycles. The number of anilines is 1. The van der Waals surface area contributed by atoms with Gasteiger partial charge in [-0.25, -0.2) is 0 Å². The highest BCUT2D eigenvalue weighted by Gasteiger charge is 2.01. The highest BCUT2D eigenvalue weighted by molar-refractivity contribution is 9.10.